The van der Waals surface area contributed by atoms with Crippen LogP contribution in [-0.2, 0) is 9.47 Å². The topological polar surface area (TPSA) is 50.9 Å². The van der Waals surface area contributed by atoms with Crippen LogP contribution < -0.4 is 5.32 Å². The Morgan fingerprint density at radius 3 is 2.47 bits per heavy atom. The Hall–Kier alpha value is -0.980. The zero-order chi connectivity index (χ0) is 14.5. The van der Waals surface area contributed by atoms with Crippen molar-refractivity contribution in [2.24, 2.45) is 0 Å². The first-order valence-corrected chi connectivity index (χ1v) is 6.27. The van der Waals surface area contributed by atoms with Crippen LogP contribution in [0.25, 0.3) is 0 Å². The molecule has 0 spiro atoms. The fourth-order valence-corrected chi connectivity index (χ4v) is 2.44. The molecule has 0 bridgehead atoms. The van der Waals surface area contributed by atoms with Gasteiger partial charge in [-0.2, -0.15) is 13.2 Å². The molecule has 1 amide bonds. The highest BCUT2D eigenvalue weighted by Crippen LogP contribution is 2.56. The van der Waals surface area contributed by atoms with Crippen LogP contribution >= 0.6 is 0 Å². The van der Waals surface area contributed by atoms with Gasteiger partial charge in [-0.05, 0) is 40.0 Å². The summed E-state index contributed by atoms with van der Waals surface area (Å²) in [7, 11) is 0. The third-order valence-corrected chi connectivity index (χ3v) is 3.38. The van der Waals surface area contributed by atoms with Gasteiger partial charge in [-0.1, -0.05) is 0 Å². The summed E-state index contributed by atoms with van der Waals surface area (Å²) in [4.78, 5) is 11.5. The zero-order valence-corrected chi connectivity index (χ0v) is 11.1. The molecule has 1 aliphatic heterocycles. The molecule has 0 aromatic carbocycles. The van der Waals surface area contributed by atoms with Crippen LogP contribution in [0.4, 0.5) is 18.0 Å². The van der Waals surface area contributed by atoms with Crippen LogP contribution in [0.15, 0.2) is 0 Å². The van der Waals surface area contributed by atoms with Gasteiger partial charge in [0.25, 0.3) is 0 Å². The van der Waals surface area contributed by atoms with Gasteiger partial charge in [-0.25, -0.2) is 4.79 Å². The van der Waals surface area contributed by atoms with Crippen molar-refractivity contribution in [2.75, 3.05) is 0 Å². The van der Waals surface area contributed by atoms with E-state index < -0.39 is 29.6 Å². The molecule has 2 rings (SSSR count). The number of fused-ring (bicyclic) bond motifs is 1. The molecule has 4 nitrogen and oxygen atoms in total. The summed E-state index contributed by atoms with van der Waals surface area (Å²) < 4.78 is 48.1. The largest absolute Gasteiger partial charge is 0.444 e. The van der Waals surface area contributed by atoms with E-state index in [-0.39, 0.29) is 25.3 Å². The SMILES string of the molecule is CC(C)(C)OC(=O)NC1CCC2(C(F)(F)F)OC2C1. The molecule has 19 heavy (non-hydrogen) atoms. The highest BCUT2D eigenvalue weighted by molar-refractivity contribution is 5.68. The van der Waals surface area contributed by atoms with Crippen LogP contribution in [0.2, 0.25) is 0 Å². The Kier molecular flexibility index (Phi) is 3.24. The van der Waals surface area contributed by atoms with Gasteiger partial charge in [0.15, 0.2) is 5.60 Å². The number of amides is 1. The van der Waals surface area contributed by atoms with Crippen molar-refractivity contribution in [3.63, 3.8) is 0 Å². The highest BCUT2D eigenvalue weighted by Gasteiger charge is 2.74. The van der Waals surface area contributed by atoms with E-state index >= 15 is 0 Å². The Morgan fingerprint density at radius 1 is 1.37 bits per heavy atom. The summed E-state index contributed by atoms with van der Waals surface area (Å²) in [6.45, 7) is 5.18. The smallest absolute Gasteiger partial charge is 0.420 e. The quantitative estimate of drug-likeness (QED) is 0.752. The molecular weight excluding hydrogens is 263 g/mol. The number of alkyl halides is 3. The standard InChI is InChI=1S/C12H18F3NO3/c1-10(2,3)19-9(17)16-7-4-5-11(12(13,14)15)8(6-7)18-11/h7-8H,4-6H2,1-3H3,(H,16,17). The van der Waals surface area contributed by atoms with Crippen LogP contribution in [0, 0.1) is 0 Å². The number of hydrogen-bond donors (Lipinski definition) is 1. The van der Waals surface area contributed by atoms with Crippen LogP contribution in [0.3, 0.4) is 0 Å². The molecule has 1 saturated carbocycles. The summed E-state index contributed by atoms with van der Waals surface area (Å²) >= 11 is 0. The van der Waals surface area contributed by atoms with Crippen molar-refractivity contribution < 1.29 is 27.4 Å². The maximum atomic E-state index is 12.7. The van der Waals surface area contributed by atoms with E-state index in [2.05, 4.69) is 5.32 Å². The average molecular weight is 281 g/mol. The van der Waals surface area contributed by atoms with Gasteiger partial charge < -0.3 is 14.8 Å². The fourth-order valence-electron chi connectivity index (χ4n) is 2.44. The number of hydrogen-bond acceptors (Lipinski definition) is 3. The normalized spacial score (nSPS) is 34.4. The molecule has 2 fully saturated rings. The maximum absolute atomic E-state index is 12.7. The molecule has 3 atom stereocenters. The van der Waals surface area contributed by atoms with Gasteiger partial charge in [0.2, 0.25) is 0 Å². The second kappa shape index (κ2) is 4.26. The molecule has 2 aliphatic rings. The minimum Gasteiger partial charge on any atom is -0.444 e. The van der Waals surface area contributed by atoms with Gasteiger partial charge in [-0.3, -0.25) is 0 Å². The van der Waals surface area contributed by atoms with Gasteiger partial charge in [0, 0.05) is 6.04 Å². The monoisotopic (exact) mass is 281 g/mol. The Morgan fingerprint density at radius 2 is 2.00 bits per heavy atom. The van der Waals surface area contributed by atoms with Crippen molar-refractivity contribution in [3.05, 3.63) is 0 Å². The lowest BCUT2D eigenvalue weighted by atomic mass is 9.85. The molecule has 0 aromatic heterocycles. The summed E-state index contributed by atoms with van der Waals surface area (Å²) in [6, 6.07) is -0.321. The molecule has 1 N–H and O–H groups in total. The third kappa shape index (κ3) is 2.96. The van der Waals surface area contributed by atoms with Crippen LogP contribution in [0.1, 0.15) is 40.0 Å². The Labute approximate surface area is 109 Å². The predicted molar refractivity (Wildman–Crippen MR) is 60.7 cm³/mol. The van der Waals surface area contributed by atoms with Gasteiger partial charge in [0.1, 0.15) is 5.60 Å². The van der Waals surface area contributed by atoms with Crippen LogP contribution in [0.5, 0.6) is 0 Å². The van der Waals surface area contributed by atoms with Crippen molar-refractivity contribution in [3.8, 4) is 0 Å². The summed E-state index contributed by atoms with van der Waals surface area (Å²) in [5.41, 5.74) is -2.58. The number of halogens is 3. The first-order chi connectivity index (χ1) is 8.53. The predicted octanol–water partition coefficient (Wildman–Crippen LogP) is 2.76. The molecule has 110 valence electrons. The van der Waals surface area contributed by atoms with E-state index in [1.165, 1.54) is 0 Å². The van der Waals surface area contributed by atoms with E-state index in [0.717, 1.165) is 0 Å². The minimum absolute atomic E-state index is 0.109. The lowest BCUT2D eigenvalue weighted by Gasteiger charge is -2.28. The molecule has 1 saturated heterocycles. The van der Waals surface area contributed by atoms with E-state index in [9.17, 15) is 18.0 Å². The Balaban J connectivity index is 1.84. The Bertz CT molecular complexity index is 377. The minimum atomic E-state index is -4.32. The van der Waals surface area contributed by atoms with E-state index in [1.54, 1.807) is 20.8 Å². The van der Waals surface area contributed by atoms with Gasteiger partial charge in [0.05, 0.1) is 6.10 Å². The first kappa shape index (κ1) is 14.4. The molecular formula is C12H18F3NO3. The zero-order valence-electron chi connectivity index (χ0n) is 11.1. The number of carbonyl (C=O) groups is 1. The van der Waals surface area contributed by atoms with E-state index in [1.807, 2.05) is 0 Å². The molecule has 1 heterocycles. The molecule has 3 unspecified atom stereocenters. The third-order valence-electron chi connectivity index (χ3n) is 3.38. The summed E-state index contributed by atoms with van der Waals surface area (Å²) in [5.74, 6) is 0. The first-order valence-electron chi connectivity index (χ1n) is 6.27. The number of epoxide rings is 1. The number of rotatable bonds is 1. The molecule has 0 radical (unpaired) electrons. The second-order valence-electron chi connectivity index (χ2n) is 6.11. The highest BCUT2D eigenvalue weighted by atomic mass is 19.4. The van der Waals surface area contributed by atoms with E-state index in [0.29, 0.717) is 0 Å². The molecule has 0 aromatic rings. The van der Waals surface area contributed by atoms with Gasteiger partial charge >= 0.3 is 12.3 Å². The second-order valence-corrected chi connectivity index (χ2v) is 6.11. The van der Waals surface area contributed by atoms with Crippen molar-refractivity contribution >= 4 is 6.09 Å². The molecule has 1 aliphatic carbocycles. The average Bonchev–Trinajstić information content (AvgIpc) is 2.87. The van der Waals surface area contributed by atoms with Crippen molar-refractivity contribution in [2.45, 2.75) is 69.6 Å². The summed E-state index contributed by atoms with van der Waals surface area (Å²) in [5, 5.41) is 2.59. The lowest BCUT2D eigenvalue weighted by molar-refractivity contribution is -0.187. The number of ether oxygens (including phenoxy) is 2. The summed E-state index contributed by atoms with van der Waals surface area (Å²) in [6.07, 6.45) is -5.44. The van der Waals surface area contributed by atoms with Gasteiger partial charge in [-0.15, -0.1) is 0 Å². The lowest BCUT2D eigenvalue weighted by Crippen LogP contribution is -2.46. The number of nitrogens with one attached hydrogen (secondary N) is 1. The molecule has 7 heteroatoms. The van der Waals surface area contributed by atoms with E-state index in [4.69, 9.17) is 9.47 Å². The number of alkyl carbamates (subject to hydrolysis) is 1. The van der Waals surface area contributed by atoms with Crippen molar-refractivity contribution in [1.29, 1.82) is 0 Å². The number of carbonyl (C=O) groups excluding carboxylic acids is 1. The fraction of sp³-hybridized carbons (Fsp3) is 0.917. The van der Waals surface area contributed by atoms with Crippen molar-refractivity contribution in [1.82, 2.24) is 5.32 Å². The van der Waals surface area contributed by atoms with Crippen LogP contribution in [-0.4, -0.2) is 35.6 Å². The maximum Gasteiger partial charge on any atom is 0.420 e.